The molecule has 2 aromatic heterocycles. The summed E-state index contributed by atoms with van der Waals surface area (Å²) in [6.45, 7) is 0. The van der Waals surface area contributed by atoms with Crippen LogP contribution in [0.25, 0.3) is 10.9 Å². The molecule has 0 radical (unpaired) electrons. The van der Waals surface area contributed by atoms with Crippen LogP contribution in [-0.4, -0.2) is 9.97 Å². The van der Waals surface area contributed by atoms with Crippen molar-refractivity contribution in [3.8, 4) is 0 Å². The Hall–Kier alpha value is -2.33. The van der Waals surface area contributed by atoms with Crippen molar-refractivity contribution in [2.75, 3.05) is 11.1 Å². The van der Waals surface area contributed by atoms with Gasteiger partial charge in [0.1, 0.15) is 5.82 Å². The molecule has 0 aliphatic rings. The molecule has 3 rings (SSSR count). The Morgan fingerprint density at radius 2 is 1.95 bits per heavy atom. The van der Waals surface area contributed by atoms with E-state index in [1.807, 2.05) is 30.3 Å². The first-order valence-corrected chi connectivity index (χ1v) is 6.13. The van der Waals surface area contributed by atoms with Gasteiger partial charge in [-0.3, -0.25) is 4.98 Å². The number of nitrogens with zero attached hydrogens (tertiary/aromatic N) is 2. The molecule has 0 amide bonds. The second kappa shape index (κ2) is 4.74. The van der Waals surface area contributed by atoms with Crippen LogP contribution in [0.15, 0.2) is 48.8 Å². The zero-order chi connectivity index (χ0) is 13.2. The number of nitrogens with one attached hydrogen (secondary N) is 1. The second-order valence-electron chi connectivity index (χ2n) is 4.09. The summed E-state index contributed by atoms with van der Waals surface area (Å²) in [5.74, 6) is 0.469. The summed E-state index contributed by atoms with van der Waals surface area (Å²) in [6.07, 6.45) is 3.40. The predicted molar refractivity (Wildman–Crippen MR) is 78.7 cm³/mol. The molecule has 0 spiro atoms. The number of halogens is 1. The average Bonchev–Trinajstić information content (AvgIpc) is 2.42. The van der Waals surface area contributed by atoms with E-state index < -0.39 is 0 Å². The standard InChI is InChI=1S/C14H11ClN4/c15-11-3-4-12(14-10(11)2-1-6-18-14)19-9-5-7-17-13(16)8-9/h1-8H,(H3,16,17,19). The van der Waals surface area contributed by atoms with Crippen molar-refractivity contribution in [2.45, 2.75) is 0 Å². The molecule has 3 aromatic rings. The molecular weight excluding hydrogens is 260 g/mol. The van der Waals surface area contributed by atoms with E-state index in [9.17, 15) is 0 Å². The summed E-state index contributed by atoms with van der Waals surface area (Å²) in [6, 6.07) is 11.2. The predicted octanol–water partition coefficient (Wildman–Crippen LogP) is 3.61. The van der Waals surface area contributed by atoms with E-state index in [-0.39, 0.29) is 0 Å². The van der Waals surface area contributed by atoms with Gasteiger partial charge in [0.2, 0.25) is 0 Å². The first-order valence-electron chi connectivity index (χ1n) is 5.76. The van der Waals surface area contributed by atoms with E-state index in [4.69, 9.17) is 17.3 Å². The monoisotopic (exact) mass is 270 g/mol. The third kappa shape index (κ3) is 2.30. The van der Waals surface area contributed by atoms with Crippen LogP contribution in [0.4, 0.5) is 17.2 Å². The third-order valence-electron chi connectivity index (χ3n) is 2.78. The van der Waals surface area contributed by atoms with Crippen LogP contribution < -0.4 is 11.1 Å². The second-order valence-corrected chi connectivity index (χ2v) is 4.50. The van der Waals surface area contributed by atoms with Crippen molar-refractivity contribution < 1.29 is 0 Å². The summed E-state index contributed by atoms with van der Waals surface area (Å²) >= 11 is 6.16. The smallest absolute Gasteiger partial charge is 0.125 e. The normalized spacial score (nSPS) is 10.6. The van der Waals surface area contributed by atoms with Gasteiger partial charge in [-0.15, -0.1) is 0 Å². The van der Waals surface area contributed by atoms with E-state index in [1.165, 1.54) is 0 Å². The highest BCUT2D eigenvalue weighted by Crippen LogP contribution is 2.30. The Balaban J connectivity index is 2.09. The van der Waals surface area contributed by atoms with Gasteiger partial charge in [-0.25, -0.2) is 4.98 Å². The van der Waals surface area contributed by atoms with Crippen LogP contribution in [0.3, 0.4) is 0 Å². The molecule has 0 aliphatic heterocycles. The summed E-state index contributed by atoms with van der Waals surface area (Å²) in [7, 11) is 0. The van der Waals surface area contributed by atoms with Crippen LogP contribution in [0.1, 0.15) is 0 Å². The lowest BCUT2D eigenvalue weighted by molar-refractivity contribution is 1.33. The highest BCUT2D eigenvalue weighted by atomic mass is 35.5. The largest absolute Gasteiger partial charge is 0.384 e. The molecular formula is C14H11ClN4. The Labute approximate surface area is 115 Å². The van der Waals surface area contributed by atoms with Crippen molar-refractivity contribution in [1.29, 1.82) is 0 Å². The lowest BCUT2D eigenvalue weighted by Crippen LogP contribution is -1.95. The maximum absolute atomic E-state index is 6.16. The third-order valence-corrected chi connectivity index (χ3v) is 3.11. The van der Waals surface area contributed by atoms with Gasteiger partial charge in [-0.1, -0.05) is 11.6 Å². The van der Waals surface area contributed by atoms with Crippen molar-refractivity contribution in [1.82, 2.24) is 9.97 Å². The zero-order valence-corrected chi connectivity index (χ0v) is 10.7. The number of pyridine rings is 2. The maximum Gasteiger partial charge on any atom is 0.125 e. The van der Waals surface area contributed by atoms with Crippen LogP contribution in [-0.2, 0) is 0 Å². The summed E-state index contributed by atoms with van der Waals surface area (Å²) in [5, 5.41) is 4.87. The molecule has 2 heterocycles. The molecule has 3 N–H and O–H groups in total. The molecule has 0 aliphatic carbocycles. The van der Waals surface area contributed by atoms with E-state index in [1.54, 1.807) is 18.5 Å². The Bertz CT molecular complexity index is 742. The van der Waals surface area contributed by atoms with Gasteiger partial charge in [0, 0.05) is 29.5 Å². The van der Waals surface area contributed by atoms with Gasteiger partial charge < -0.3 is 11.1 Å². The van der Waals surface area contributed by atoms with E-state index >= 15 is 0 Å². The lowest BCUT2D eigenvalue weighted by atomic mass is 10.2. The first-order chi connectivity index (χ1) is 9.24. The molecule has 4 nitrogen and oxygen atoms in total. The molecule has 0 atom stereocenters. The fourth-order valence-electron chi connectivity index (χ4n) is 1.92. The molecule has 1 aromatic carbocycles. The molecule has 19 heavy (non-hydrogen) atoms. The number of nitrogen functional groups attached to an aromatic ring is 1. The molecule has 0 unspecified atom stereocenters. The van der Waals surface area contributed by atoms with Crippen molar-refractivity contribution in [3.05, 3.63) is 53.8 Å². The fraction of sp³-hybridized carbons (Fsp3) is 0. The molecule has 0 fully saturated rings. The number of benzene rings is 1. The molecule has 0 saturated heterocycles. The van der Waals surface area contributed by atoms with Gasteiger partial charge >= 0.3 is 0 Å². The number of aromatic nitrogens is 2. The first kappa shape index (κ1) is 11.7. The van der Waals surface area contributed by atoms with Gasteiger partial charge in [0.25, 0.3) is 0 Å². The Morgan fingerprint density at radius 3 is 2.79 bits per heavy atom. The number of fused-ring (bicyclic) bond motifs is 1. The minimum atomic E-state index is 0.469. The fourth-order valence-corrected chi connectivity index (χ4v) is 2.14. The van der Waals surface area contributed by atoms with E-state index in [0.29, 0.717) is 10.8 Å². The highest BCUT2D eigenvalue weighted by molar-refractivity contribution is 6.35. The van der Waals surface area contributed by atoms with Crippen LogP contribution in [0.2, 0.25) is 5.02 Å². The zero-order valence-electron chi connectivity index (χ0n) is 9.97. The van der Waals surface area contributed by atoms with Crippen LogP contribution >= 0.6 is 11.6 Å². The average molecular weight is 271 g/mol. The number of hydrogen-bond donors (Lipinski definition) is 2. The van der Waals surface area contributed by atoms with Gasteiger partial charge in [0.05, 0.1) is 16.2 Å². The Morgan fingerprint density at radius 1 is 1.05 bits per heavy atom. The minimum absolute atomic E-state index is 0.469. The molecule has 5 heteroatoms. The topological polar surface area (TPSA) is 63.8 Å². The number of anilines is 3. The lowest BCUT2D eigenvalue weighted by Gasteiger charge is -2.10. The van der Waals surface area contributed by atoms with Crippen molar-refractivity contribution in [3.63, 3.8) is 0 Å². The number of nitrogens with two attached hydrogens (primary N) is 1. The van der Waals surface area contributed by atoms with Gasteiger partial charge in [-0.05, 0) is 30.3 Å². The highest BCUT2D eigenvalue weighted by Gasteiger charge is 2.06. The summed E-state index contributed by atoms with van der Waals surface area (Å²) in [5.41, 5.74) is 8.23. The Kier molecular flexibility index (Phi) is 2.93. The SMILES string of the molecule is Nc1cc(Nc2ccc(Cl)c3cccnc23)ccn1. The molecule has 0 bridgehead atoms. The molecule has 0 saturated carbocycles. The number of hydrogen-bond acceptors (Lipinski definition) is 4. The maximum atomic E-state index is 6.16. The van der Waals surface area contributed by atoms with Crippen molar-refractivity contribution >= 4 is 39.7 Å². The summed E-state index contributed by atoms with van der Waals surface area (Å²) in [4.78, 5) is 8.33. The van der Waals surface area contributed by atoms with Crippen molar-refractivity contribution in [2.24, 2.45) is 0 Å². The van der Waals surface area contributed by atoms with E-state index in [0.717, 1.165) is 22.3 Å². The van der Waals surface area contributed by atoms with Gasteiger partial charge in [-0.2, -0.15) is 0 Å². The molecule has 94 valence electrons. The van der Waals surface area contributed by atoms with Crippen LogP contribution in [0.5, 0.6) is 0 Å². The quantitative estimate of drug-likeness (QED) is 0.747. The van der Waals surface area contributed by atoms with E-state index in [2.05, 4.69) is 15.3 Å². The number of rotatable bonds is 2. The van der Waals surface area contributed by atoms with Gasteiger partial charge in [0.15, 0.2) is 0 Å². The van der Waals surface area contributed by atoms with Crippen LogP contribution in [0, 0.1) is 0 Å². The minimum Gasteiger partial charge on any atom is -0.384 e. The summed E-state index contributed by atoms with van der Waals surface area (Å²) < 4.78 is 0.